The number of rotatable bonds is 6. The Hall–Kier alpha value is -1.43. The average molecular weight is 332 g/mol. The number of hydrogen-bond acceptors (Lipinski definition) is 4. The highest BCUT2D eigenvalue weighted by Gasteiger charge is 2.29. The van der Waals surface area contributed by atoms with Gasteiger partial charge in [-0.15, -0.1) is 0 Å². The third-order valence-electron chi connectivity index (χ3n) is 5.05. The molecule has 2 heterocycles. The highest BCUT2D eigenvalue weighted by atomic mass is 16.5. The fourth-order valence-corrected chi connectivity index (χ4v) is 3.69. The molecule has 2 atom stereocenters. The van der Waals surface area contributed by atoms with Crippen LogP contribution < -0.4 is 0 Å². The topological polar surface area (TPSA) is 53.0 Å². The predicted octanol–water partition coefficient (Wildman–Crippen LogP) is 1.51. The maximum Gasteiger partial charge on any atom is 0.225 e. The molecule has 0 bridgehead atoms. The highest BCUT2D eigenvalue weighted by molar-refractivity contribution is 5.77. The Labute approximate surface area is 144 Å². The minimum atomic E-state index is -0.00754. The first-order chi connectivity index (χ1) is 11.7. The fraction of sp³-hybridized carbons (Fsp3) is 0.632. The van der Waals surface area contributed by atoms with Gasteiger partial charge in [0.1, 0.15) is 0 Å². The normalized spacial score (nSPS) is 25.1. The summed E-state index contributed by atoms with van der Waals surface area (Å²) < 4.78 is 5.82. The minimum absolute atomic E-state index is 0.00754. The number of aliphatic hydroxyl groups is 1. The Morgan fingerprint density at radius 1 is 1.21 bits per heavy atom. The van der Waals surface area contributed by atoms with Crippen molar-refractivity contribution in [1.29, 1.82) is 0 Å². The zero-order valence-electron chi connectivity index (χ0n) is 14.3. The third-order valence-corrected chi connectivity index (χ3v) is 5.05. The van der Waals surface area contributed by atoms with Crippen LogP contribution >= 0.6 is 0 Å². The molecular weight excluding hydrogens is 304 g/mol. The van der Waals surface area contributed by atoms with Gasteiger partial charge in [-0.25, -0.2) is 0 Å². The van der Waals surface area contributed by atoms with Crippen LogP contribution in [0.4, 0.5) is 0 Å². The predicted molar refractivity (Wildman–Crippen MR) is 92.5 cm³/mol. The first kappa shape index (κ1) is 17.4. The van der Waals surface area contributed by atoms with Crippen LogP contribution in [0.5, 0.6) is 0 Å². The first-order valence-electron chi connectivity index (χ1n) is 9.01. The molecule has 0 saturated carbocycles. The van der Waals surface area contributed by atoms with E-state index in [4.69, 9.17) is 9.84 Å². The third kappa shape index (κ3) is 4.79. The molecule has 3 rings (SSSR count). The van der Waals surface area contributed by atoms with E-state index in [2.05, 4.69) is 29.2 Å². The first-order valence-corrected chi connectivity index (χ1v) is 9.01. The van der Waals surface area contributed by atoms with Crippen LogP contribution in [-0.4, -0.2) is 66.3 Å². The molecule has 1 aromatic carbocycles. The van der Waals surface area contributed by atoms with Gasteiger partial charge in [0.15, 0.2) is 0 Å². The maximum absolute atomic E-state index is 12.5. The molecule has 2 aliphatic rings. The summed E-state index contributed by atoms with van der Waals surface area (Å²) in [6.07, 6.45) is 2.27. The minimum Gasteiger partial charge on any atom is -0.396 e. The van der Waals surface area contributed by atoms with Crippen LogP contribution in [0.1, 0.15) is 24.8 Å². The van der Waals surface area contributed by atoms with Crippen molar-refractivity contribution in [2.45, 2.75) is 31.9 Å². The van der Waals surface area contributed by atoms with E-state index in [1.54, 1.807) is 0 Å². The fourth-order valence-electron chi connectivity index (χ4n) is 3.69. The molecule has 5 nitrogen and oxygen atoms in total. The lowest BCUT2D eigenvalue weighted by Crippen LogP contribution is -2.44. The van der Waals surface area contributed by atoms with Crippen LogP contribution in [0.2, 0.25) is 0 Å². The Morgan fingerprint density at radius 3 is 2.83 bits per heavy atom. The number of likely N-dealkylation sites (tertiary alicyclic amines) is 1. The summed E-state index contributed by atoms with van der Waals surface area (Å²) in [7, 11) is 0. The average Bonchev–Trinajstić information content (AvgIpc) is 3.05. The van der Waals surface area contributed by atoms with Crippen LogP contribution in [-0.2, 0) is 16.1 Å². The number of nitrogens with zero attached hydrogens (tertiary/aromatic N) is 2. The largest absolute Gasteiger partial charge is 0.396 e. The van der Waals surface area contributed by atoms with E-state index in [1.807, 2.05) is 11.0 Å². The van der Waals surface area contributed by atoms with E-state index < -0.39 is 0 Å². The van der Waals surface area contributed by atoms with Gasteiger partial charge in [-0.2, -0.15) is 0 Å². The summed E-state index contributed by atoms with van der Waals surface area (Å²) in [6.45, 7) is 5.17. The molecule has 1 N–H and O–H groups in total. The SMILES string of the molecule is O=C(C[C@@H]1CN(Cc2ccccc2)CCO1)N1CC[C@H](CCO)C1. The Kier molecular flexibility index (Phi) is 6.24. The van der Waals surface area contributed by atoms with Crippen LogP contribution in [0, 0.1) is 5.92 Å². The molecule has 132 valence electrons. The van der Waals surface area contributed by atoms with Gasteiger partial charge in [0.05, 0.1) is 19.1 Å². The standard InChI is InChI=1S/C19H28N2O3/c22-10-7-17-6-8-21(14-17)19(23)12-18-15-20(9-11-24-18)13-16-4-2-1-3-5-16/h1-5,17-18,22H,6-15H2/t17-,18-/m1/s1. The summed E-state index contributed by atoms with van der Waals surface area (Å²) in [4.78, 5) is 16.8. The van der Waals surface area contributed by atoms with Crippen molar-refractivity contribution in [2.75, 3.05) is 39.4 Å². The number of amides is 1. The lowest BCUT2D eigenvalue weighted by atomic mass is 10.1. The van der Waals surface area contributed by atoms with Gasteiger partial charge in [-0.3, -0.25) is 9.69 Å². The monoisotopic (exact) mass is 332 g/mol. The maximum atomic E-state index is 12.5. The van der Waals surface area contributed by atoms with Gasteiger partial charge in [-0.05, 0) is 24.3 Å². The van der Waals surface area contributed by atoms with E-state index in [1.165, 1.54) is 5.56 Å². The summed E-state index contributed by atoms with van der Waals surface area (Å²) in [5.74, 6) is 0.655. The molecule has 0 aliphatic carbocycles. The number of carbonyl (C=O) groups is 1. The van der Waals surface area contributed by atoms with Crippen molar-refractivity contribution in [2.24, 2.45) is 5.92 Å². The van der Waals surface area contributed by atoms with E-state index >= 15 is 0 Å². The molecule has 24 heavy (non-hydrogen) atoms. The lowest BCUT2D eigenvalue weighted by molar-refractivity contribution is -0.135. The second kappa shape index (κ2) is 8.60. The smallest absolute Gasteiger partial charge is 0.225 e. The van der Waals surface area contributed by atoms with Crippen molar-refractivity contribution in [3.8, 4) is 0 Å². The molecule has 0 aromatic heterocycles. The van der Waals surface area contributed by atoms with Gasteiger partial charge in [-0.1, -0.05) is 30.3 Å². The lowest BCUT2D eigenvalue weighted by Gasteiger charge is -2.33. The summed E-state index contributed by atoms with van der Waals surface area (Å²) in [5.41, 5.74) is 1.30. The van der Waals surface area contributed by atoms with Gasteiger partial charge < -0.3 is 14.7 Å². The number of ether oxygens (including phenoxy) is 1. The van der Waals surface area contributed by atoms with Crippen molar-refractivity contribution < 1.29 is 14.6 Å². The quantitative estimate of drug-likeness (QED) is 0.858. The molecule has 2 saturated heterocycles. The van der Waals surface area contributed by atoms with Crippen molar-refractivity contribution in [3.05, 3.63) is 35.9 Å². The van der Waals surface area contributed by atoms with Gasteiger partial charge >= 0.3 is 0 Å². The zero-order chi connectivity index (χ0) is 16.8. The number of aliphatic hydroxyl groups excluding tert-OH is 1. The Balaban J connectivity index is 1.46. The Bertz CT molecular complexity index is 523. The van der Waals surface area contributed by atoms with Gasteiger partial charge in [0.25, 0.3) is 0 Å². The number of benzene rings is 1. The second-order valence-electron chi connectivity index (χ2n) is 6.92. The molecule has 1 aromatic rings. The van der Waals surface area contributed by atoms with Gasteiger partial charge in [0, 0.05) is 39.3 Å². The molecule has 0 unspecified atom stereocenters. The van der Waals surface area contributed by atoms with Crippen LogP contribution in [0.15, 0.2) is 30.3 Å². The van der Waals surface area contributed by atoms with E-state index in [0.717, 1.165) is 45.6 Å². The summed E-state index contributed by atoms with van der Waals surface area (Å²) >= 11 is 0. The van der Waals surface area contributed by atoms with Crippen molar-refractivity contribution in [1.82, 2.24) is 9.80 Å². The molecular formula is C19H28N2O3. The number of morpholine rings is 1. The Morgan fingerprint density at radius 2 is 2.04 bits per heavy atom. The molecule has 2 fully saturated rings. The van der Waals surface area contributed by atoms with E-state index in [-0.39, 0.29) is 18.6 Å². The van der Waals surface area contributed by atoms with Gasteiger partial charge in [0.2, 0.25) is 5.91 Å². The number of carbonyl (C=O) groups excluding carboxylic acids is 1. The molecule has 1 amide bonds. The molecule has 2 aliphatic heterocycles. The molecule has 0 radical (unpaired) electrons. The molecule has 0 spiro atoms. The zero-order valence-corrected chi connectivity index (χ0v) is 14.3. The van der Waals surface area contributed by atoms with Crippen LogP contribution in [0.25, 0.3) is 0 Å². The summed E-state index contributed by atoms with van der Waals surface area (Å²) in [6, 6.07) is 10.4. The number of hydrogen-bond donors (Lipinski definition) is 1. The second-order valence-corrected chi connectivity index (χ2v) is 6.92. The van der Waals surface area contributed by atoms with Crippen LogP contribution in [0.3, 0.4) is 0 Å². The highest BCUT2D eigenvalue weighted by Crippen LogP contribution is 2.21. The van der Waals surface area contributed by atoms with Crippen molar-refractivity contribution in [3.63, 3.8) is 0 Å². The molecule has 5 heteroatoms. The van der Waals surface area contributed by atoms with E-state index in [0.29, 0.717) is 18.9 Å². The summed E-state index contributed by atoms with van der Waals surface area (Å²) in [5, 5.41) is 9.03. The van der Waals surface area contributed by atoms with Crippen molar-refractivity contribution >= 4 is 5.91 Å². The van der Waals surface area contributed by atoms with E-state index in [9.17, 15) is 4.79 Å².